The van der Waals surface area contributed by atoms with Crippen molar-refractivity contribution in [3.05, 3.63) is 94.9 Å². The number of benzene rings is 2. The van der Waals surface area contributed by atoms with Crippen LogP contribution in [0.15, 0.2) is 77.3 Å². The molecule has 0 saturated heterocycles. The molecule has 11 heteroatoms. The van der Waals surface area contributed by atoms with Gasteiger partial charge in [-0.25, -0.2) is 0 Å². The molecule has 4 rings (SSSR count). The molecule has 1 aromatic heterocycles. The molecule has 0 spiro atoms. The van der Waals surface area contributed by atoms with Crippen molar-refractivity contribution in [2.24, 2.45) is 10.3 Å². The minimum absolute atomic E-state index is 0.0135. The molecule has 0 radical (unpaired) electrons. The van der Waals surface area contributed by atoms with Crippen LogP contribution in [0.5, 0.6) is 0 Å². The summed E-state index contributed by atoms with van der Waals surface area (Å²) in [5.74, 6) is -0.673. The zero-order valence-corrected chi connectivity index (χ0v) is 16.8. The number of aromatic nitrogens is 3. The number of hydrogen-bond acceptors (Lipinski definition) is 7. The number of aldehydes is 1. The van der Waals surface area contributed by atoms with E-state index in [9.17, 15) is 22.8 Å². The fourth-order valence-corrected chi connectivity index (χ4v) is 3.23. The van der Waals surface area contributed by atoms with E-state index in [1.165, 1.54) is 24.5 Å². The first-order valence-electron chi connectivity index (χ1n) is 9.67. The summed E-state index contributed by atoms with van der Waals surface area (Å²) in [4.78, 5) is 24.6. The van der Waals surface area contributed by atoms with Crippen LogP contribution in [0.2, 0.25) is 0 Å². The van der Waals surface area contributed by atoms with Crippen LogP contribution in [0.25, 0.3) is 5.57 Å². The molecule has 0 fully saturated rings. The van der Waals surface area contributed by atoms with E-state index in [0.717, 1.165) is 22.7 Å². The third-order valence-electron chi connectivity index (χ3n) is 4.89. The molecule has 0 aliphatic carbocycles. The second-order valence-corrected chi connectivity index (χ2v) is 7.07. The molecule has 1 atom stereocenters. The van der Waals surface area contributed by atoms with Gasteiger partial charge < -0.3 is 4.79 Å². The van der Waals surface area contributed by atoms with Gasteiger partial charge in [0.15, 0.2) is 18.0 Å². The number of halogens is 3. The first-order valence-corrected chi connectivity index (χ1v) is 9.67. The Bertz CT molecular complexity index is 1230. The van der Waals surface area contributed by atoms with Crippen LogP contribution in [0.3, 0.4) is 0 Å². The summed E-state index contributed by atoms with van der Waals surface area (Å²) in [5, 5.41) is 19.6. The lowest BCUT2D eigenvalue weighted by molar-refractivity contribution is -0.137. The maximum Gasteiger partial charge on any atom is 0.416 e. The molecule has 1 unspecified atom stereocenters. The van der Waals surface area contributed by atoms with Crippen LogP contribution in [0.1, 0.15) is 32.7 Å². The zero-order valence-electron chi connectivity index (χ0n) is 16.8. The van der Waals surface area contributed by atoms with Gasteiger partial charge in [0.05, 0.1) is 11.8 Å². The highest BCUT2D eigenvalue weighted by Crippen LogP contribution is 2.32. The van der Waals surface area contributed by atoms with Crippen LogP contribution >= 0.6 is 0 Å². The molecule has 33 heavy (non-hydrogen) atoms. The topological polar surface area (TPSA) is 101 Å². The lowest BCUT2D eigenvalue weighted by Gasteiger charge is -2.21. The van der Waals surface area contributed by atoms with E-state index in [0.29, 0.717) is 23.8 Å². The van der Waals surface area contributed by atoms with Crippen molar-refractivity contribution in [1.82, 2.24) is 20.4 Å². The average molecular weight is 452 g/mol. The van der Waals surface area contributed by atoms with Gasteiger partial charge in [-0.3, -0.25) is 4.79 Å². The maximum absolute atomic E-state index is 13.1. The van der Waals surface area contributed by atoms with Crippen LogP contribution in [-0.2, 0) is 17.4 Å². The van der Waals surface area contributed by atoms with Crippen LogP contribution in [0.4, 0.5) is 13.2 Å². The summed E-state index contributed by atoms with van der Waals surface area (Å²) in [6.07, 6.45) is -0.974. The molecule has 2 aromatic carbocycles. The van der Waals surface area contributed by atoms with E-state index in [4.69, 9.17) is 0 Å². The van der Waals surface area contributed by atoms with Crippen molar-refractivity contribution in [3.63, 3.8) is 0 Å². The van der Waals surface area contributed by atoms with Gasteiger partial charge in [-0.15, -0.1) is 10.2 Å². The molecule has 166 valence electrons. The smallest absolute Gasteiger partial charge is 0.301 e. The number of carbonyl (C=O) groups excluding carboxylic acids is 2. The molecule has 1 aliphatic rings. The molecule has 3 aromatic rings. The number of amides is 1. The van der Waals surface area contributed by atoms with Gasteiger partial charge in [0, 0.05) is 23.8 Å². The largest absolute Gasteiger partial charge is 0.416 e. The summed E-state index contributed by atoms with van der Waals surface area (Å²) in [5.41, 5.74) is 1.08. The fourth-order valence-electron chi connectivity index (χ4n) is 3.23. The van der Waals surface area contributed by atoms with Crippen molar-refractivity contribution in [1.29, 1.82) is 0 Å². The monoisotopic (exact) mass is 452 g/mol. The maximum atomic E-state index is 13.1. The summed E-state index contributed by atoms with van der Waals surface area (Å²) in [7, 11) is 0. The van der Waals surface area contributed by atoms with E-state index in [1.54, 1.807) is 0 Å². The Morgan fingerprint density at radius 2 is 1.79 bits per heavy atom. The van der Waals surface area contributed by atoms with Crippen molar-refractivity contribution in [2.75, 3.05) is 0 Å². The average Bonchev–Trinajstić information content (AvgIpc) is 2.84. The van der Waals surface area contributed by atoms with Crippen molar-refractivity contribution in [2.45, 2.75) is 18.6 Å². The minimum Gasteiger partial charge on any atom is -0.301 e. The molecule has 1 aliphatic heterocycles. The summed E-state index contributed by atoms with van der Waals surface area (Å²) >= 11 is 0. The second-order valence-electron chi connectivity index (χ2n) is 7.07. The predicted octanol–water partition coefficient (Wildman–Crippen LogP) is 3.91. The number of alkyl halides is 3. The molecular formula is C22H15F3N6O2. The number of carbonyl (C=O) groups is 2. The Balaban J connectivity index is 1.65. The quantitative estimate of drug-likeness (QED) is 0.547. The third-order valence-corrected chi connectivity index (χ3v) is 4.89. The van der Waals surface area contributed by atoms with E-state index in [1.807, 2.05) is 30.3 Å². The summed E-state index contributed by atoms with van der Waals surface area (Å²) < 4.78 is 38.6. The van der Waals surface area contributed by atoms with E-state index in [-0.39, 0.29) is 11.3 Å². The lowest BCUT2D eigenvalue weighted by Crippen LogP contribution is -2.28. The normalized spacial score (nSPS) is 15.8. The standard InChI is InChI=1S/C22H15F3N6O2/c23-22(24,25)17-8-6-15(7-9-17)18-12-31(30-27-19(18)13-32)21(33)20-16(11-26-29-28-20)10-14-4-2-1-3-5-14/h1-9,11-13,19H,10H2. The van der Waals surface area contributed by atoms with E-state index < -0.39 is 23.7 Å². The van der Waals surface area contributed by atoms with Crippen LogP contribution in [0, 0.1) is 0 Å². The molecule has 0 saturated carbocycles. The lowest BCUT2D eigenvalue weighted by atomic mass is 9.99. The highest BCUT2D eigenvalue weighted by atomic mass is 19.4. The first kappa shape index (κ1) is 21.9. The highest BCUT2D eigenvalue weighted by Gasteiger charge is 2.31. The van der Waals surface area contributed by atoms with Crippen LogP contribution in [-0.4, -0.2) is 38.7 Å². The highest BCUT2D eigenvalue weighted by molar-refractivity contribution is 5.96. The Hall–Kier alpha value is -4.28. The van der Waals surface area contributed by atoms with Gasteiger partial charge in [-0.2, -0.15) is 23.3 Å². The van der Waals surface area contributed by atoms with Gasteiger partial charge >= 0.3 is 6.18 Å². The van der Waals surface area contributed by atoms with Gasteiger partial charge in [0.2, 0.25) is 0 Å². The van der Waals surface area contributed by atoms with E-state index in [2.05, 4.69) is 25.7 Å². The molecule has 0 bridgehead atoms. The van der Waals surface area contributed by atoms with Crippen molar-refractivity contribution in [3.8, 4) is 0 Å². The predicted molar refractivity (Wildman–Crippen MR) is 109 cm³/mol. The zero-order chi connectivity index (χ0) is 23.4. The van der Waals surface area contributed by atoms with E-state index >= 15 is 0 Å². The van der Waals surface area contributed by atoms with Gasteiger partial charge in [-0.05, 0) is 28.5 Å². The number of hydrogen-bond donors (Lipinski definition) is 0. The number of nitrogens with zero attached hydrogens (tertiary/aromatic N) is 6. The van der Waals surface area contributed by atoms with Gasteiger partial charge in [0.25, 0.3) is 5.91 Å². The Morgan fingerprint density at radius 1 is 1.06 bits per heavy atom. The second kappa shape index (κ2) is 9.07. The molecule has 1 amide bonds. The fraction of sp³-hybridized carbons (Fsp3) is 0.136. The third kappa shape index (κ3) is 4.81. The molecule has 0 N–H and O–H groups in total. The molecular weight excluding hydrogens is 437 g/mol. The molecule has 8 nitrogen and oxygen atoms in total. The number of rotatable bonds is 5. The first-order chi connectivity index (χ1) is 15.9. The Kier molecular flexibility index (Phi) is 6.03. The van der Waals surface area contributed by atoms with Crippen molar-refractivity contribution < 1.29 is 22.8 Å². The Labute approximate surface area is 185 Å². The van der Waals surface area contributed by atoms with Crippen LogP contribution < -0.4 is 0 Å². The molecule has 2 heterocycles. The minimum atomic E-state index is -4.50. The SMILES string of the molecule is O=CC1N=NN(C(=O)c2nnncc2Cc2ccccc2)C=C1c1ccc(C(F)(F)F)cc1. The summed E-state index contributed by atoms with van der Waals surface area (Å²) in [6.45, 7) is 0. The van der Waals surface area contributed by atoms with Gasteiger partial charge in [0.1, 0.15) is 0 Å². The Morgan fingerprint density at radius 3 is 2.45 bits per heavy atom. The van der Waals surface area contributed by atoms with Gasteiger partial charge in [-0.1, -0.05) is 47.7 Å². The van der Waals surface area contributed by atoms with Crippen molar-refractivity contribution >= 4 is 17.8 Å². The summed E-state index contributed by atoms with van der Waals surface area (Å²) in [6, 6.07) is 12.5.